The maximum Gasteiger partial charge on any atom is 0.326 e. The van der Waals surface area contributed by atoms with Crippen molar-refractivity contribution in [2.45, 2.75) is 30.8 Å². The Morgan fingerprint density at radius 1 is 1.19 bits per heavy atom. The van der Waals surface area contributed by atoms with E-state index < -0.39 is 30.4 Å². The molecule has 2 rings (SSSR count). The molecular formula is C14H16N2O5. The number of benzene rings is 1. The van der Waals surface area contributed by atoms with E-state index >= 15 is 0 Å². The van der Waals surface area contributed by atoms with E-state index in [1.165, 1.54) is 0 Å². The quantitative estimate of drug-likeness (QED) is 0.618. The minimum Gasteiger partial charge on any atom is -0.481 e. The van der Waals surface area contributed by atoms with Gasteiger partial charge in [-0.05, 0) is 12.0 Å². The van der Waals surface area contributed by atoms with Crippen LogP contribution in [0.2, 0.25) is 0 Å². The van der Waals surface area contributed by atoms with Crippen LogP contribution in [-0.2, 0) is 9.59 Å². The third kappa shape index (κ3) is 4.20. The number of carbonyl (C=O) groups is 3. The average Bonchev–Trinajstić information content (AvgIpc) is 3.17. The summed E-state index contributed by atoms with van der Waals surface area (Å²) in [6.07, 6.45) is 0.129. The highest BCUT2D eigenvalue weighted by atomic mass is 16.4. The van der Waals surface area contributed by atoms with Crippen LogP contribution in [0.15, 0.2) is 30.3 Å². The molecule has 7 nitrogen and oxygen atoms in total. The molecular weight excluding hydrogens is 276 g/mol. The predicted octanol–water partition coefficient (Wildman–Crippen LogP) is 0.770. The Kier molecular flexibility index (Phi) is 4.42. The number of urea groups is 1. The second-order valence-corrected chi connectivity index (χ2v) is 4.97. The van der Waals surface area contributed by atoms with Crippen LogP contribution in [0.1, 0.15) is 24.3 Å². The highest BCUT2D eigenvalue weighted by molar-refractivity contribution is 5.86. The number of amides is 2. The Morgan fingerprint density at radius 2 is 1.86 bits per heavy atom. The number of carboxylic acids is 2. The third-order valence-corrected chi connectivity index (χ3v) is 3.32. The van der Waals surface area contributed by atoms with Gasteiger partial charge in [0.1, 0.15) is 6.04 Å². The van der Waals surface area contributed by atoms with Gasteiger partial charge in [0.15, 0.2) is 0 Å². The second-order valence-electron chi connectivity index (χ2n) is 4.97. The molecule has 0 saturated heterocycles. The van der Waals surface area contributed by atoms with Crippen molar-refractivity contribution in [3.05, 3.63) is 35.9 Å². The molecule has 0 heterocycles. The van der Waals surface area contributed by atoms with Gasteiger partial charge in [0.05, 0.1) is 6.42 Å². The lowest BCUT2D eigenvalue weighted by Crippen LogP contribution is -2.47. The monoisotopic (exact) mass is 292 g/mol. The predicted molar refractivity (Wildman–Crippen MR) is 72.9 cm³/mol. The van der Waals surface area contributed by atoms with Gasteiger partial charge in [0, 0.05) is 12.0 Å². The van der Waals surface area contributed by atoms with Crippen LogP contribution in [0.5, 0.6) is 0 Å². The van der Waals surface area contributed by atoms with Gasteiger partial charge in [0.2, 0.25) is 0 Å². The highest BCUT2D eigenvalue weighted by Gasteiger charge is 2.39. The number of carbonyl (C=O) groups excluding carboxylic acids is 1. The summed E-state index contributed by atoms with van der Waals surface area (Å²) in [4.78, 5) is 33.1. The Bertz CT molecular complexity index is 546. The topological polar surface area (TPSA) is 116 Å². The summed E-state index contributed by atoms with van der Waals surface area (Å²) in [7, 11) is 0. The van der Waals surface area contributed by atoms with Gasteiger partial charge in [-0.25, -0.2) is 9.59 Å². The normalized spacial score (nSPS) is 21.1. The lowest BCUT2D eigenvalue weighted by Gasteiger charge is -2.13. The van der Waals surface area contributed by atoms with Crippen molar-refractivity contribution in [3.63, 3.8) is 0 Å². The van der Waals surface area contributed by atoms with Gasteiger partial charge in [-0.3, -0.25) is 4.79 Å². The lowest BCUT2D eigenvalue weighted by atomic mass is 10.1. The Morgan fingerprint density at radius 3 is 2.43 bits per heavy atom. The van der Waals surface area contributed by atoms with Gasteiger partial charge in [-0.2, -0.15) is 0 Å². The Hall–Kier alpha value is -2.57. The molecule has 1 fully saturated rings. The van der Waals surface area contributed by atoms with Gasteiger partial charge < -0.3 is 20.8 Å². The average molecular weight is 292 g/mol. The van der Waals surface area contributed by atoms with Crippen LogP contribution in [0, 0.1) is 0 Å². The third-order valence-electron chi connectivity index (χ3n) is 3.32. The highest BCUT2D eigenvalue weighted by Crippen LogP contribution is 2.40. The molecule has 0 aliphatic heterocycles. The second kappa shape index (κ2) is 6.25. The van der Waals surface area contributed by atoms with Crippen LogP contribution in [0.25, 0.3) is 0 Å². The van der Waals surface area contributed by atoms with Crippen LogP contribution in [0.4, 0.5) is 4.79 Å². The van der Waals surface area contributed by atoms with Crippen molar-refractivity contribution < 1.29 is 24.6 Å². The van der Waals surface area contributed by atoms with Gasteiger partial charge in [-0.15, -0.1) is 0 Å². The van der Waals surface area contributed by atoms with Crippen LogP contribution in [-0.4, -0.2) is 40.3 Å². The molecule has 7 heteroatoms. The van der Waals surface area contributed by atoms with Crippen molar-refractivity contribution in [2.24, 2.45) is 0 Å². The molecule has 0 bridgehead atoms. The summed E-state index contributed by atoms with van der Waals surface area (Å²) in [6.45, 7) is 0. The summed E-state index contributed by atoms with van der Waals surface area (Å²) in [5.41, 5.74) is 1.11. The molecule has 112 valence electrons. The fourth-order valence-corrected chi connectivity index (χ4v) is 2.17. The standard InChI is InChI=1S/C14H16N2O5/c17-12(18)7-11(13(19)20)16-14(21)15-10-6-9(10)8-4-2-1-3-5-8/h1-5,9-11H,6-7H2,(H,17,18)(H,19,20)(H2,15,16,21)/t9?,10?,11-/m0/s1. The molecule has 1 aromatic carbocycles. The van der Waals surface area contributed by atoms with E-state index in [-0.39, 0.29) is 12.0 Å². The molecule has 0 radical (unpaired) electrons. The van der Waals surface area contributed by atoms with E-state index in [0.717, 1.165) is 12.0 Å². The molecule has 4 N–H and O–H groups in total. The molecule has 1 aromatic rings. The maximum absolute atomic E-state index is 11.7. The number of nitrogens with one attached hydrogen (secondary N) is 2. The summed E-state index contributed by atoms with van der Waals surface area (Å²) in [5, 5.41) is 22.3. The summed E-state index contributed by atoms with van der Waals surface area (Å²) < 4.78 is 0. The first kappa shape index (κ1) is 14.8. The van der Waals surface area contributed by atoms with Crippen LogP contribution < -0.4 is 10.6 Å². The number of carboxylic acid groups (broad SMARTS) is 2. The van der Waals surface area contributed by atoms with Gasteiger partial charge in [0.25, 0.3) is 0 Å². The van der Waals surface area contributed by atoms with Crippen LogP contribution >= 0.6 is 0 Å². The Balaban J connectivity index is 1.83. The molecule has 0 aromatic heterocycles. The van der Waals surface area contributed by atoms with Crippen molar-refractivity contribution in [1.82, 2.24) is 10.6 Å². The number of hydrogen-bond acceptors (Lipinski definition) is 3. The molecule has 1 aliphatic rings. The fourth-order valence-electron chi connectivity index (χ4n) is 2.17. The lowest BCUT2D eigenvalue weighted by molar-refractivity contribution is -0.145. The van der Waals surface area contributed by atoms with E-state index in [4.69, 9.17) is 10.2 Å². The summed E-state index contributed by atoms with van der Waals surface area (Å²) >= 11 is 0. The van der Waals surface area contributed by atoms with Gasteiger partial charge >= 0.3 is 18.0 Å². The first-order chi connectivity index (χ1) is 9.97. The molecule has 2 amide bonds. The van der Waals surface area contributed by atoms with E-state index in [1.54, 1.807) is 0 Å². The zero-order chi connectivity index (χ0) is 15.4. The zero-order valence-electron chi connectivity index (χ0n) is 11.2. The Labute approximate surface area is 121 Å². The minimum atomic E-state index is -1.43. The molecule has 3 atom stereocenters. The maximum atomic E-state index is 11.7. The van der Waals surface area contributed by atoms with Crippen LogP contribution in [0.3, 0.4) is 0 Å². The molecule has 0 spiro atoms. The smallest absolute Gasteiger partial charge is 0.326 e. The number of hydrogen-bond donors (Lipinski definition) is 4. The first-order valence-corrected chi connectivity index (χ1v) is 6.54. The van der Waals surface area contributed by atoms with E-state index in [9.17, 15) is 14.4 Å². The van der Waals surface area contributed by atoms with Crippen molar-refractivity contribution >= 4 is 18.0 Å². The van der Waals surface area contributed by atoms with E-state index in [1.807, 2.05) is 30.3 Å². The molecule has 2 unspecified atom stereocenters. The summed E-state index contributed by atoms with van der Waals surface area (Å²) in [5.74, 6) is -2.43. The fraction of sp³-hybridized carbons (Fsp3) is 0.357. The molecule has 1 aliphatic carbocycles. The van der Waals surface area contributed by atoms with Gasteiger partial charge in [-0.1, -0.05) is 30.3 Å². The van der Waals surface area contributed by atoms with Crippen molar-refractivity contribution in [1.29, 1.82) is 0 Å². The number of rotatable bonds is 6. The summed E-state index contributed by atoms with van der Waals surface area (Å²) in [6, 6.07) is 7.53. The SMILES string of the molecule is O=C(O)C[C@H](NC(=O)NC1CC1c1ccccc1)C(=O)O. The van der Waals surface area contributed by atoms with E-state index in [0.29, 0.717) is 0 Å². The van der Waals surface area contributed by atoms with Crippen molar-refractivity contribution in [2.75, 3.05) is 0 Å². The molecule has 21 heavy (non-hydrogen) atoms. The minimum absolute atomic E-state index is 0.0494. The zero-order valence-corrected chi connectivity index (χ0v) is 11.2. The van der Waals surface area contributed by atoms with Crippen molar-refractivity contribution in [3.8, 4) is 0 Å². The largest absolute Gasteiger partial charge is 0.481 e. The number of aliphatic carboxylic acids is 2. The van der Waals surface area contributed by atoms with E-state index in [2.05, 4.69) is 10.6 Å². The molecule has 1 saturated carbocycles. The first-order valence-electron chi connectivity index (χ1n) is 6.54.